The Bertz CT molecular complexity index is 1780. The van der Waals surface area contributed by atoms with Gasteiger partial charge in [-0.3, -0.25) is 14.3 Å². The van der Waals surface area contributed by atoms with Gasteiger partial charge >= 0.3 is 6.09 Å². The second-order valence-corrected chi connectivity index (χ2v) is 15.3. The van der Waals surface area contributed by atoms with E-state index in [0.29, 0.717) is 48.2 Å². The lowest BCUT2D eigenvalue weighted by Gasteiger charge is -2.38. The molecule has 2 aliphatic rings. The third-order valence-corrected chi connectivity index (χ3v) is 10.2. The number of halogens is 3. The molecular weight excluding hydrogens is 671 g/mol. The van der Waals surface area contributed by atoms with Crippen LogP contribution in [-0.2, 0) is 17.2 Å². The summed E-state index contributed by atoms with van der Waals surface area (Å²) in [4.78, 5) is 41.4. The number of amides is 1. The van der Waals surface area contributed by atoms with Crippen LogP contribution in [0.25, 0.3) is 11.0 Å². The third kappa shape index (κ3) is 8.73. The largest absolute Gasteiger partial charge is 0.444 e. The highest BCUT2D eigenvalue weighted by Gasteiger charge is 2.46. The molecule has 1 amide bonds. The van der Waals surface area contributed by atoms with E-state index in [2.05, 4.69) is 45.5 Å². The molecule has 2 aromatic heterocycles. The summed E-state index contributed by atoms with van der Waals surface area (Å²) in [6.45, 7) is 18.8. The van der Waals surface area contributed by atoms with Gasteiger partial charge in [-0.1, -0.05) is 24.3 Å². The Balaban J connectivity index is 1.41. The lowest BCUT2D eigenvalue weighted by Crippen LogP contribution is -2.50. The number of rotatable bonds is 12. The molecule has 13 heteroatoms. The number of alkyl halides is 2. The Kier molecular flexibility index (Phi) is 12.2. The van der Waals surface area contributed by atoms with Crippen LogP contribution < -0.4 is 15.8 Å². The van der Waals surface area contributed by atoms with Crippen molar-refractivity contribution in [2.45, 2.75) is 104 Å². The van der Waals surface area contributed by atoms with Crippen molar-refractivity contribution in [1.82, 2.24) is 24.3 Å². The number of unbranched alkanes of at least 4 members (excludes halogenated alkanes) is 2. The molecule has 2 saturated heterocycles. The minimum Gasteiger partial charge on any atom is -0.444 e. The molecule has 284 valence electrons. The van der Waals surface area contributed by atoms with Crippen molar-refractivity contribution in [1.29, 1.82) is 0 Å². The zero-order chi connectivity index (χ0) is 37.8. The Hall–Kier alpha value is -4.13. The molecule has 2 aliphatic heterocycles. The molecule has 10 nitrogen and oxygen atoms in total. The van der Waals surface area contributed by atoms with Gasteiger partial charge in [0.25, 0.3) is 11.5 Å². The molecular formula is C39H54F3N7O3. The summed E-state index contributed by atoms with van der Waals surface area (Å²) < 4.78 is 55.4. The topological polar surface area (TPSA) is 95.8 Å². The number of ether oxygens (including phenoxy) is 1. The van der Waals surface area contributed by atoms with Crippen molar-refractivity contribution >= 4 is 28.6 Å². The minimum absolute atomic E-state index is 0.0147. The molecule has 3 aromatic rings. The van der Waals surface area contributed by atoms with E-state index in [9.17, 15) is 9.59 Å². The zero-order valence-corrected chi connectivity index (χ0v) is 31.4. The molecule has 0 radical (unpaired) electrons. The van der Waals surface area contributed by atoms with Crippen molar-refractivity contribution in [2.75, 3.05) is 49.5 Å². The summed E-state index contributed by atoms with van der Waals surface area (Å²) in [7, 11) is 0. The highest BCUT2D eigenvalue weighted by molar-refractivity contribution is 5.89. The summed E-state index contributed by atoms with van der Waals surface area (Å²) in [6.07, 6.45) is 5.16. The summed E-state index contributed by atoms with van der Waals surface area (Å²) >= 11 is 0. The van der Waals surface area contributed by atoms with Crippen molar-refractivity contribution in [3.63, 3.8) is 0 Å². The van der Waals surface area contributed by atoms with Gasteiger partial charge in [-0.2, -0.15) is 0 Å². The number of piperidine rings is 1. The number of nitrogens with zero attached hydrogens (tertiary/aromatic N) is 6. The number of carbonyl (C=O) groups is 1. The Labute approximate surface area is 305 Å². The van der Waals surface area contributed by atoms with Crippen molar-refractivity contribution in [3.8, 4) is 0 Å². The third-order valence-electron chi connectivity index (χ3n) is 10.2. The molecule has 0 bridgehead atoms. The van der Waals surface area contributed by atoms with Crippen molar-refractivity contribution in [3.05, 3.63) is 70.5 Å². The second kappa shape index (κ2) is 16.3. The molecule has 5 rings (SSSR count). The number of benzene rings is 1. The van der Waals surface area contributed by atoms with E-state index in [4.69, 9.17) is 4.74 Å². The first-order valence-electron chi connectivity index (χ1n) is 18.5. The van der Waals surface area contributed by atoms with Gasteiger partial charge in [-0.15, -0.1) is 6.58 Å². The summed E-state index contributed by atoms with van der Waals surface area (Å²) in [5, 5.41) is 3.86. The van der Waals surface area contributed by atoms with Crippen LogP contribution in [0.15, 0.2) is 48.0 Å². The van der Waals surface area contributed by atoms with Crippen LogP contribution in [0.4, 0.5) is 29.5 Å². The molecule has 0 unspecified atom stereocenters. The van der Waals surface area contributed by atoms with E-state index in [1.54, 1.807) is 32.3 Å². The number of fused-ring (bicyclic) bond motifs is 1. The standard InChI is InChI=1S/C39H54F3N7O3/c1-8-9-10-11-17-49-35-30(24-32(36(49)50)47-22-20-46(21-23-47)26(2)3)34(43-25-44-35)45-27(4)29-13-12-14-31(33(29)40)39(41,42)28-15-18-48(19-16-28)37(51)52-38(5,6)7/h8,12-14,24-28H,1,9-11,15-23H2,2-7H3,(H,43,44,45)/t27-/m1/s1. The fourth-order valence-corrected chi connectivity index (χ4v) is 7.15. The predicted octanol–water partition coefficient (Wildman–Crippen LogP) is 7.73. The summed E-state index contributed by atoms with van der Waals surface area (Å²) in [6, 6.07) is 5.54. The smallest absolute Gasteiger partial charge is 0.410 e. The average Bonchev–Trinajstić information content (AvgIpc) is 3.10. The van der Waals surface area contributed by atoms with Crippen LogP contribution in [0.1, 0.15) is 90.8 Å². The van der Waals surface area contributed by atoms with Gasteiger partial charge in [0, 0.05) is 63.3 Å². The van der Waals surface area contributed by atoms with Gasteiger partial charge in [0.1, 0.15) is 34.9 Å². The number of hydrogen-bond donors (Lipinski definition) is 1. The predicted molar refractivity (Wildman–Crippen MR) is 200 cm³/mol. The van der Waals surface area contributed by atoms with Crippen molar-refractivity contribution in [2.24, 2.45) is 5.92 Å². The summed E-state index contributed by atoms with van der Waals surface area (Å²) in [5.74, 6) is -5.21. The number of hydrogen-bond acceptors (Lipinski definition) is 8. The van der Waals surface area contributed by atoms with Crippen LogP contribution in [-0.4, -0.2) is 81.3 Å². The lowest BCUT2D eigenvalue weighted by molar-refractivity contribution is -0.0885. The highest BCUT2D eigenvalue weighted by Crippen LogP contribution is 2.44. The van der Waals surface area contributed by atoms with E-state index in [1.165, 1.54) is 23.4 Å². The van der Waals surface area contributed by atoms with Crippen LogP contribution in [0.3, 0.4) is 0 Å². The van der Waals surface area contributed by atoms with Crippen molar-refractivity contribution < 1.29 is 22.7 Å². The van der Waals surface area contributed by atoms with Crippen LogP contribution >= 0.6 is 0 Å². The first-order valence-corrected chi connectivity index (χ1v) is 18.5. The van der Waals surface area contributed by atoms with Gasteiger partial charge in [-0.25, -0.2) is 27.9 Å². The second-order valence-electron chi connectivity index (χ2n) is 15.3. The summed E-state index contributed by atoms with van der Waals surface area (Å²) in [5.41, 5.74) is -0.413. The van der Waals surface area contributed by atoms with E-state index in [1.807, 2.05) is 12.1 Å². The normalized spacial score (nSPS) is 17.1. The van der Waals surface area contributed by atoms with Crippen LogP contribution in [0, 0.1) is 11.7 Å². The molecule has 52 heavy (non-hydrogen) atoms. The van der Waals surface area contributed by atoms with Gasteiger partial charge in [0.15, 0.2) is 0 Å². The monoisotopic (exact) mass is 725 g/mol. The number of piperazine rings is 1. The number of aromatic nitrogens is 3. The van der Waals surface area contributed by atoms with Gasteiger partial charge in [0.2, 0.25) is 0 Å². The quantitative estimate of drug-likeness (QED) is 0.150. The number of pyridine rings is 1. The molecule has 0 aliphatic carbocycles. The maximum atomic E-state index is 16.2. The van der Waals surface area contributed by atoms with Gasteiger partial charge in [0.05, 0.1) is 17.0 Å². The Morgan fingerprint density at radius 1 is 1.06 bits per heavy atom. The van der Waals surface area contributed by atoms with Gasteiger partial charge in [-0.05, 0) is 79.7 Å². The molecule has 4 heterocycles. The number of allylic oxidation sites excluding steroid dienone is 1. The maximum Gasteiger partial charge on any atom is 0.410 e. The Morgan fingerprint density at radius 3 is 2.38 bits per heavy atom. The molecule has 1 atom stereocenters. The maximum absolute atomic E-state index is 16.2. The first kappa shape index (κ1) is 39.1. The minimum atomic E-state index is -3.46. The SMILES string of the molecule is C=CCCCCn1c(=O)c(N2CCN(C(C)C)CC2)cc2c(N[C@H](C)c3cccc(C(F)(F)C4CCN(C(=O)OC(C)(C)C)CC4)c3F)ncnc21. The lowest BCUT2D eigenvalue weighted by atomic mass is 9.85. The number of carbonyl (C=O) groups excluding carboxylic acids is 1. The van der Waals surface area contributed by atoms with E-state index >= 15 is 13.2 Å². The molecule has 0 spiro atoms. The number of likely N-dealkylation sites (tertiary alicyclic amines) is 1. The van der Waals surface area contributed by atoms with E-state index in [-0.39, 0.29) is 37.1 Å². The average molecular weight is 726 g/mol. The van der Waals surface area contributed by atoms with E-state index in [0.717, 1.165) is 38.4 Å². The first-order chi connectivity index (χ1) is 24.6. The zero-order valence-electron chi connectivity index (χ0n) is 31.4. The van der Waals surface area contributed by atoms with Crippen LogP contribution in [0.2, 0.25) is 0 Å². The molecule has 1 N–H and O–H groups in total. The number of aryl methyl sites for hydroxylation is 1. The van der Waals surface area contributed by atoms with E-state index < -0.39 is 41.0 Å². The number of nitrogens with one attached hydrogen (secondary N) is 1. The fourth-order valence-electron chi connectivity index (χ4n) is 7.15. The van der Waals surface area contributed by atoms with Crippen LogP contribution in [0.5, 0.6) is 0 Å². The molecule has 2 fully saturated rings. The number of anilines is 2. The molecule has 1 aromatic carbocycles. The highest BCUT2D eigenvalue weighted by atomic mass is 19.3. The van der Waals surface area contributed by atoms with Gasteiger partial charge < -0.3 is 19.9 Å². The Morgan fingerprint density at radius 2 is 1.75 bits per heavy atom. The fraction of sp³-hybridized carbons (Fsp3) is 0.590. The molecule has 0 saturated carbocycles.